The van der Waals surface area contributed by atoms with E-state index in [2.05, 4.69) is 15.3 Å². The molecule has 2 aromatic rings. The van der Waals surface area contributed by atoms with Gasteiger partial charge in [0, 0.05) is 30.9 Å². The maximum Gasteiger partial charge on any atom is 0.293 e. The second-order valence-corrected chi connectivity index (χ2v) is 8.20. The van der Waals surface area contributed by atoms with Crippen LogP contribution in [-0.4, -0.2) is 45.0 Å². The Labute approximate surface area is 184 Å². The average Bonchev–Trinajstić information content (AvgIpc) is 2.95. The molecular weight excluding hydrogens is 420 g/mol. The molecule has 0 atom stereocenters. The summed E-state index contributed by atoms with van der Waals surface area (Å²) in [5, 5.41) is 2.45. The number of rotatable bonds is 7. The molecule has 7 nitrogen and oxygen atoms in total. The van der Waals surface area contributed by atoms with Gasteiger partial charge in [0.05, 0.1) is 4.91 Å². The van der Waals surface area contributed by atoms with E-state index < -0.39 is 0 Å². The Bertz CT molecular complexity index is 1040. The first kappa shape index (κ1) is 21.9. The van der Waals surface area contributed by atoms with Gasteiger partial charge in [-0.2, -0.15) is 0 Å². The van der Waals surface area contributed by atoms with Crippen molar-refractivity contribution < 1.29 is 14.4 Å². The van der Waals surface area contributed by atoms with Crippen LogP contribution >= 0.6 is 24.0 Å². The molecule has 0 radical (unpaired) electrons. The number of H-pyrrole nitrogens is 1. The highest BCUT2D eigenvalue weighted by Gasteiger charge is 2.34. The maximum atomic E-state index is 12.5. The Morgan fingerprint density at radius 2 is 2.00 bits per heavy atom. The molecule has 2 heterocycles. The zero-order chi connectivity index (χ0) is 21.7. The van der Waals surface area contributed by atoms with Gasteiger partial charge in [-0.25, -0.2) is 4.98 Å². The summed E-state index contributed by atoms with van der Waals surface area (Å²) in [4.78, 5) is 45.6. The molecule has 0 unspecified atom stereocenters. The van der Waals surface area contributed by atoms with Crippen LogP contribution in [0.1, 0.15) is 28.9 Å². The van der Waals surface area contributed by atoms with Gasteiger partial charge in [0.25, 0.3) is 11.1 Å². The summed E-state index contributed by atoms with van der Waals surface area (Å²) in [6.45, 7) is 4.12. The lowest BCUT2D eigenvalue weighted by Gasteiger charge is -2.13. The molecule has 1 aliphatic heterocycles. The summed E-state index contributed by atoms with van der Waals surface area (Å²) < 4.78 is 0.428. The van der Waals surface area contributed by atoms with Crippen molar-refractivity contribution in [2.45, 2.75) is 26.7 Å². The molecule has 0 bridgehead atoms. The number of aromatic amines is 1. The maximum absolute atomic E-state index is 12.5. The number of aryl methyl sites for hydroxylation is 2. The van der Waals surface area contributed by atoms with Crippen molar-refractivity contribution in [3.63, 3.8) is 0 Å². The Balaban J connectivity index is 1.50. The summed E-state index contributed by atoms with van der Waals surface area (Å²) >= 11 is 5.96. The number of amides is 3. The molecule has 1 aliphatic rings. The van der Waals surface area contributed by atoms with Crippen molar-refractivity contribution in [2.24, 2.45) is 0 Å². The van der Waals surface area contributed by atoms with Gasteiger partial charge in [0.15, 0.2) is 4.77 Å². The van der Waals surface area contributed by atoms with Crippen molar-refractivity contribution >= 4 is 47.1 Å². The second kappa shape index (κ2) is 9.82. The normalized spacial score (nSPS) is 15.1. The van der Waals surface area contributed by atoms with Crippen molar-refractivity contribution in [3.05, 3.63) is 62.5 Å². The molecule has 30 heavy (non-hydrogen) atoms. The minimum absolute atomic E-state index is 0.139. The third-order valence-electron chi connectivity index (χ3n) is 4.68. The van der Waals surface area contributed by atoms with Crippen LogP contribution in [0.5, 0.6) is 0 Å². The third-order valence-corrected chi connectivity index (χ3v) is 5.78. The fraction of sp³-hybridized carbons (Fsp3) is 0.286. The molecular formula is C21H22N4O3S2. The minimum Gasteiger partial charge on any atom is -0.354 e. The summed E-state index contributed by atoms with van der Waals surface area (Å²) in [5.74, 6) is -0.483. The molecule has 2 N–H and O–H groups in total. The Morgan fingerprint density at radius 3 is 2.70 bits per heavy atom. The lowest BCUT2D eigenvalue weighted by Crippen LogP contribution is -2.37. The Morgan fingerprint density at radius 1 is 1.27 bits per heavy atom. The number of aromatic nitrogens is 2. The van der Waals surface area contributed by atoms with Crippen LogP contribution in [0.15, 0.2) is 35.2 Å². The molecule has 0 spiro atoms. The Hall–Kier alpha value is -2.78. The number of thioether (sulfide) groups is 1. The number of hydrogen-bond acceptors (Lipinski definition) is 6. The van der Waals surface area contributed by atoms with Crippen molar-refractivity contribution in [1.29, 1.82) is 0 Å². The van der Waals surface area contributed by atoms with Crippen molar-refractivity contribution in [1.82, 2.24) is 20.2 Å². The van der Waals surface area contributed by atoms with Crippen LogP contribution in [0.4, 0.5) is 4.79 Å². The van der Waals surface area contributed by atoms with Crippen molar-refractivity contribution in [3.8, 4) is 0 Å². The van der Waals surface area contributed by atoms with Gasteiger partial charge in [-0.15, -0.1) is 0 Å². The average molecular weight is 443 g/mol. The van der Waals surface area contributed by atoms with Crippen molar-refractivity contribution in [2.75, 3.05) is 13.1 Å². The summed E-state index contributed by atoms with van der Waals surface area (Å²) in [6, 6.07) is 9.36. The van der Waals surface area contributed by atoms with Crippen LogP contribution < -0.4 is 5.32 Å². The lowest BCUT2D eigenvalue weighted by molar-refractivity contribution is -0.124. The predicted molar refractivity (Wildman–Crippen MR) is 119 cm³/mol. The fourth-order valence-electron chi connectivity index (χ4n) is 3.15. The highest BCUT2D eigenvalue weighted by molar-refractivity contribution is 8.18. The molecule has 9 heteroatoms. The number of nitrogens with zero attached hydrogens (tertiary/aromatic N) is 2. The van der Waals surface area contributed by atoms with E-state index in [0.717, 1.165) is 39.2 Å². The quantitative estimate of drug-likeness (QED) is 0.503. The van der Waals surface area contributed by atoms with Gasteiger partial charge in [0.1, 0.15) is 0 Å². The first-order chi connectivity index (χ1) is 14.3. The minimum atomic E-state index is -0.333. The van der Waals surface area contributed by atoms with E-state index in [4.69, 9.17) is 12.2 Å². The zero-order valence-corrected chi connectivity index (χ0v) is 18.4. The first-order valence-electron chi connectivity index (χ1n) is 9.48. The molecule has 1 aromatic carbocycles. The molecule has 1 fully saturated rings. The van der Waals surface area contributed by atoms with Gasteiger partial charge in [-0.05, 0) is 61.5 Å². The molecule has 156 valence electrons. The van der Waals surface area contributed by atoms with Crippen LogP contribution in [0, 0.1) is 18.6 Å². The van der Waals surface area contributed by atoms with Crippen LogP contribution in [0.2, 0.25) is 0 Å². The second-order valence-electron chi connectivity index (χ2n) is 6.82. The highest BCUT2D eigenvalue weighted by atomic mass is 32.2. The summed E-state index contributed by atoms with van der Waals surface area (Å²) in [7, 11) is 0. The molecule has 0 saturated carbocycles. The van der Waals surface area contributed by atoms with Gasteiger partial charge in [0.2, 0.25) is 5.91 Å². The largest absolute Gasteiger partial charge is 0.354 e. The first-order valence-corrected chi connectivity index (χ1v) is 10.7. The van der Waals surface area contributed by atoms with Crippen LogP contribution in [-0.2, 0) is 16.0 Å². The topological polar surface area (TPSA) is 95.2 Å². The number of carbonyl (C=O) groups is 3. The van der Waals surface area contributed by atoms with E-state index in [1.807, 2.05) is 44.2 Å². The Kier molecular flexibility index (Phi) is 7.17. The molecule has 1 saturated heterocycles. The lowest BCUT2D eigenvalue weighted by atomic mass is 10.1. The summed E-state index contributed by atoms with van der Waals surface area (Å²) in [5.41, 5.74) is 3.55. The molecule has 3 amide bonds. The SMILES string of the molecule is Cc1nc(=S)[nH]c(C)c1CCC(=O)NCCN1C(=O)S/C(=C\c2ccccc2)C1=O. The van der Waals surface area contributed by atoms with E-state index in [1.165, 1.54) is 0 Å². The van der Waals surface area contributed by atoms with E-state index in [0.29, 0.717) is 16.1 Å². The number of carbonyl (C=O) groups excluding carboxylic acids is 3. The monoisotopic (exact) mass is 442 g/mol. The number of nitrogens with one attached hydrogen (secondary N) is 2. The van der Waals surface area contributed by atoms with Gasteiger partial charge in [-0.1, -0.05) is 30.3 Å². The van der Waals surface area contributed by atoms with E-state index >= 15 is 0 Å². The molecule has 3 rings (SSSR count). The molecule has 1 aromatic heterocycles. The van der Waals surface area contributed by atoms with E-state index in [1.54, 1.807) is 6.08 Å². The molecule has 0 aliphatic carbocycles. The van der Waals surface area contributed by atoms with Crippen LogP contribution in [0.3, 0.4) is 0 Å². The number of imide groups is 1. The van der Waals surface area contributed by atoms with E-state index in [9.17, 15) is 14.4 Å². The predicted octanol–water partition coefficient (Wildman–Crippen LogP) is 3.54. The van der Waals surface area contributed by atoms with Gasteiger partial charge < -0.3 is 10.3 Å². The number of benzene rings is 1. The standard InChI is InChI=1S/C21H22N4O3S2/c1-13-16(14(2)24-20(29)23-13)8-9-18(26)22-10-11-25-19(27)17(30-21(25)28)12-15-6-4-3-5-7-15/h3-7,12H,8-11H2,1-2H3,(H,22,26)(H,23,24,29)/b17-12-. The van der Waals surface area contributed by atoms with E-state index in [-0.39, 0.29) is 36.6 Å². The zero-order valence-electron chi connectivity index (χ0n) is 16.7. The van der Waals surface area contributed by atoms with Gasteiger partial charge >= 0.3 is 0 Å². The van der Waals surface area contributed by atoms with Crippen LogP contribution in [0.25, 0.3) is 6.08 Å². The van der Waals surface area contributed by atoms with Gasteiger partial charge in [-0.3, -0.25) is 19.3 Å². The smallest absolute Gasteiger partial charge is 0.293 e. The fourth-order valence-corrected chi connectivity index (χ4v) is 4.31. The third kappa shape index (κ3) is 5.43. The summed E-state index contributed by atoms with van der Waals surface area (Å²) in [6.07, 6.45) is 2.51. The highest BCUT2D eigenvalue weighted by Crippen LogP contribution is 2.31. The number of hydrogen-bond donors (Lipinski definition) is 2.